The molecular weight excluding hydrogens is 358 g/mol. The summed E-state index contributed by atoms with van der Waals surface area (Å²) in [5.41, 5.74) is 0.253. The Morgan fingerprint density at radius 1 is 1.25 bits per heavy atom. The van der Waals surface area contributed by atoms with Crippen LogP contribution in [0.4, 0.5) is 5.95 Å². The van der Waals surface area contributed by atoms with Crippen molar-refractivity contribution in [2.75, 3.05) is 32.5 Å². The van der Waals surface area contributed by atoms with E-state index in [1.54, 1.807) is 13.2 Å². The molecule has 0 radical (unpaired) electrons. The van der Waals surface area contributed by atoms with Crippen molar-refractivity contribution in [2.45, 2.75) is 50.7 Å². The van der Waals surface area contributed by atoms with Crippen molar-refractivity contribution >= 4 is 11.9 Å². The van der Waals surface area contributed by atoms with Crippen LogP contribution < -0.4 is 5.32 Å². The van der Waals surface area contributed by atoms with E-state index in [1.807, 2.05) is 4.68 Å². The Hall–Kier alpha value is -2.33. The van der Waals surface area contributed by atoms with Gasteiger partial charge in [-0.05, 0) is 53.4 Å². The lowest BCUT2D eigenvalue weighted by atomic mass is 9.94. The third kappa shape index (κ3) is 3.66. The van der Waals surface area contributed by atoms with Gasteiger partial charge in [-0.2, -0.15) is 4.98 Å². The molecule has 28 heavy (non-hydrogen) atoms. The molecule has 0 saturated carbocycles. The summed E-state index contributed by atoms with van der Waals surface area (Å²) < 4.78 is 3.47. The molecule has 1 N–H and O–H groups in total. The third-order valence-corrected chi connectivity index (χ3v) is 6.16. The predicted molar refractivity (Wildman–Crippen MR) is 104 cm³/mol. The summed E-state index contributed by atoms with van der Waals surface area (Å²) in [5, 5.41) is 14.9. The summed E-state index contributed by atoms with van der Waals surface area (Å²) in [4.78, 5) is 21.8. The van der Waals surface area contributed by atoms with Gasteiger partial charge in [-0.15, -0.1) is 10.2 Å². The normalized spacial score (nSPS) is 23.8. The monoisotopic (exact) mass is 387 g/mol. The van der Waals surface area contributed by atoms with Crippen LogP contribution in [-0.2, 0) is 13.5 Å². The van der Waals surface area contributed by atoms with Crippen LogP contribution in [-0.4, -0.2) is 84.7 Å². The Morgan fingerprint density at radius 2 is 2.00 bits per heavy atom. The Bertz CT molecular complexity index is 836. The van der Waals surface area contributed by atoms with Crippen LogP contribution in [0.3, 0.4) is 0 Å². The van der Waals surface area contributed by atoms with Gasteiger partial charge in [0, 0.05) is 25.6 Å². The van der Waals surface area contributed by atoms with E-state index >= 15 is 0 Å². The highest BCUT2D eigenvalue weighted by Gasteiger charge is 2.35. The van der Waals surface area contributed by atoms with E-state index in [9.17, 15) is 4.79 Å². The van der Waals surface area contributed by atoms with Gasteiger partial charge < -0.3 is 4.90 Å². The van der Waals surface area contributed by atoms with Gasteiger partial charge in [-0.25, -0.2) is 4.68 Å². The molecule has 4 rings (SSSR count). The third-order valence-electron chi connectivity index (χ3n) is 6.16. The van der Waals surface area contributed by atoms with Gasteiger partial charge in [0.05, 0.1) is 12.2 Å². The number of carbonyl (C=O) groups excluding carboxylic acids is 1. The molecule has 0 bridgehead atoms. The number of aryl methyl sites for hydroxylation is 2. The summed E-state index contributed by atoms with van der Waals surface area (Å²) in [7, 11) is 6.16. The average Bonchev–Trinajstić information content (AvgIpc) is 3.28. The summed E-state index contributed by atoms with van der Waals surface area (Å²) >= 11 is 0. The Kier molecular flexibility index (Phi) is 5.15. The van der Waals surface area contributed by atoms with Crippen LogP contribution in [0, 0.1) is 0 Å². The van der Waals surface area contributed by atoms with E-state index < -0.39 is 0 Å². The number of nitrogens with one attached hydrogen (secondary N) is 1. The fourth-order valence-electron chi connectivity index (χ4n) is 4.42. The zero-order valence-corrected chi connectivity index (χ0v) is 17.0. The van der Waals surface area contributed by atoms with Gasteiger partial charge in [0.15, 0.2) is 5.69 Å². The molecule has 2 aromatic heterocycles. The maximum absolute atomic E-state index is 12.3. The van der Waals surface area contributed by atoms with Crippen molar-refractivity contribution in [1.82, 2.24) is 39.6 Å². The number of piperidine rings is 1. The number of anilines is 1. The highest BCUT2D eigenvalue weighted by molar-refractivity contribution is 6.01. The number of hydrogen-bond donors (Lipinski definition) is 1. The second kappa shape index (κ2) is 7.59. The molecular formula is C18H29N9O. The number of nitrogens with zero attached hydrogens (tertiary/aromatic N) is 8. The first-order chi connectivity index (χ1) is 13.4. The van der Waals surface area contributed by atoms with E-state index in [2.05, 4.69) is 56.5 Å². The van der Waals surface area contributed by atoms with Gasteiger partial charge in [-0.3, -0.25) is 19.7 Å². The van der Waals surface area contributed by atoms with Crippen LogP contribution in [0.1, 0.15) is 48.5 Å². The Balaban J connectivity index is 1.45. The molecule has 2 aliphatic heterocycles. The Morgan fingerprint density at radius 3 is 2.68 bits per heavy atom. The maximum atomic E-state index is 12.3. The number of hydrogen-bond acceptors (Lipinski definition) is 7. The van der Waals surface area contributed by atoms with Crippen LogP contribution in [0.5, 0.6) is 0 Å². The minimum absolute atomic E-state index is 0.211. The zero-order valence-electron chi connectivity index (χ0n) is 17.0. The van der Waals surface area contributed by atoms with E-state index in [0.29, 0.717) is 18.0 Å². The summed E-state index contributed by atoms with van der Waals surface area (Å²) in [5.74, 6) is 0.916. The second-order valence-corrected chi connectivity index (χ2v) is 8.07. The van der Waals surface area contributed by atoms with Crippen molar-refractivity contribution < 1.29 is 4.79 Å². The number of fused-ring (bicyclic) bond motifs is 1. The van der Waals surface area contributed by atoms with E-state index in [1.165, 1.54) is 17.5 Å². The molecule has 2 aromatic rings. The summed E-state index contributed by atoms with van der Waals surface area (Å²) in [6.45, 7) is 4.51. The van der Waals surface area contributed by atoms with Gasteiger partial charge in [0.2, 0.25) is 5.95 Å². The lowest BCUT2D eigenvalue weighted by Gasteiger charge is -2.43. The molecule has 1 saturated heterocycles. The minimum Gasteiger partial charge on any atom is -0.306 e. The molecule has 2 atom stereocenters. The number of carbonyl (C=O) groups is 1. The largest absolute Gasteiger partial charge is 0.306 e. The lowest BCUT2D eigenvalue weighted by molar-refractivity contribution is 0.0680. The molecule has 2 aliphatic rings. The van der Waals surface area contributed by atoms with Crippen molar-refractivity contribution in [3.05, 3.63) is 17.7 Å². The highest BCUT2D eigenvalue weighted by atomic mass is 16.2. The lowest BCUT2D eigenvalue weighted by Crippen LogP contribution is -2.50. The fraction of sp³-hybridized carbons (Fsp3) is 0.722. The van der Waals surface area contributed by atoms with Gasteiger partial charge in [0.1, 0.15) is 5.82 Å². The first-order valence-electron chi connectivity index (χ1n) is 9.96. The topological polar surface area (TPSA) is 97.0 Å². The first-order valence-corrected chi connectivity index (χ1v) is 9.96. The second-order valence-electron chi connectivity index (χ2n) is 8.07. The van der Waals surface area contributed by atoms with Crippen LogP contribution in [0.2, 0.25) is 0 Å². The average molecular weight is 387 g/mol. The predicted octanol–water partition coefficient (Wildman–Crippen LogP) is 0.561. The molecule has 152 valence electrons. The molecule has 10 nitrogen and oxygen atoms in total. The number of aromatic nitrogens is 6. The SMILES string of the molecule is CC1C(N(C)C2CCN(C)CC2)CCc2nc(NC(=O)c3cn(C)nn3)nn21. The zero-order chi connectivity index (χ0) is 19.8. The molecule has 4 heterocycles. The fourth-order valence-corrected chi connectivity index (χ4v) is 4.42. The highest BCUT2D eigenvalue weighted by Crippen LogP contribution is 2.30. The van der Waals surface area contributed by atoms with Crippen LogP contribution >= 0.6 is 0 Å². The van der Waals surface area contributed by atoms with E-state index in [-0.39, 0.29) is 17.6 Å². The molecule has 1 fully saturated rings. The van der Waals surface area contributed by atoms with Gasteiger partial charge >= 0.3 is 0 Å². The number of likely N-dealkylation sites (tertiary alicyclic amines) is 1. The molecule has 0 aliphatic carbocycles. The molecule has 1 amide bonds. The molecule has 10 heteroatoms. The van der Waals surface area contributed by atoms with Crippen molar-refractivity contribution in [2.24, 2.45) is 7.05 Å². The van der Waals surface area contributed by atoms with Crippen LogP contribution in [0.15, 0.2) is 6.20 Å². The van der Waals surface area contributed by atoms with E-state index in [4.69, 9.17) is 0 Å². The van der Waals surface area contributed by atoms with Crippen LogP contribution in [0.25, 0.3) is 0 Å². The minimum atomic E-state index is -0.344. The maximum Gasteiger partial charge on any atom is 0.280 e. The van der Waals surface area contributed by atoms with Crippen molar-refractivity contribution in [3.8, 4) is 0 Å². The molecule has 0 spiro atoms. The standard InChI is InChI=1S/C18H29N9O/c1-12-15(26(4)13-7-9-24(2)10-8-13)5-6-16-19-18(22-27(12)16)20-17(28)14-11-25(3)23-21-14/h11-13,15H,5-10H2,1-4H3,(H,20,22,28). The smallest absolute Gasteiger partial charge is 0.280 e. The molecule has 2 unspecified atom stereocenters. The van der Waals surface area contributed by atoms with Gasteiger partial charge in [-0.1, -0.05) is 5.21 Å². The number of rotatable bonds is 4. The first kappa shape index (κ1) is 19.0. The number of amides is 1. The van der Waals surface area contributed by atoms with Gasteiger partial charge in [0.25, 0.3) is 5.91 Å². The van der Waals surface area contributed by atoms with E-state index in [0.717, 1.165) is 31.8 Å². The van der Waals surface area contributed by atoms with Crippen molar-refractivity contribution in [1.29, 1.82) is 0 Å². The Labute approximate surface area is 164 Å². The summed E-state index contributed by atoms with van der Waals surface area (Å²) in [6, 6.07) is 1.25. The summed E-state index contributed by atoms with van der Waals surface area (Å²) in [6.07, 6.45) is 5.90. The molecule has 0 aromatic carbocycles. The van der Waals surface area contributed by atoms with Crippen molar-refractivity contribution in [3.63, 3.8) is 0 Å². The number of likely N-dealkylation sites (N-methyl/N-ethyl adjacent to an activating group) is 1. The quantitative estimate of drug-likeness (QED) is 0.819.